The van der Waals surface area contributed by atoms with Gasteiger partial charge in [0.05, 0.1) is 0 Å². The summed E-state index contributed by atoms with van der Waals surface area (Å²) in [7, 11) is 0. The van der Waals surface area contributed by atoms with Crippen molar-refractivity contribution in [3.05, 3.63) is 35.4 Å². The Morgan fingerprint density at radius 2 is 2.05 bits per heavy atom. The Balaban J connectivity index is 1.99. The van der Waals surface area contributed by atoms with Crippen molar-refractivity contribution >= 4 is 0 Å². The fraction of sp³-hybridized carbons (Fsp3) is 0.667. The molecule has 1 nitrogen and oxygen atoms in total. The van der Waals surface area contributed by atoms with Crippen LogP contribution in [-0.4, -0.2) is 0 Å². The lowest BCUT2D eigenvalue weighted by Gasteiger charge is -2.33. The Morgan fingerprint density at radius 3 is 2.79 bits per heavy atom. The molecule has 19 heavy (non-hydrogen) atoms. The molecule has 1 aliphatic rings. The quantitative estimate of drug-likeness (QED) is 0.776. The Kier molecular flexibility index (Phi) is 5.45. The zero-order valence-electron chi connectivity index (χ0n) is 12.6. The molecule has 1 aromatic rings. The highest BCUT2D eigenvalue weighted by atomic mass is 14.7. The van der Waals surface area contributed by atoms with Crippen LogP contribution in [0, 0.1) is 11.8 Å². The molecule has 106 valence electrons. The largest absolute Gasteiger partial charge is 0.324 e. The second-order valence-electron chi connectivity index (χ2n) is 6.18. The van der Waals surface area contributed by atoms with Gasteiger partial charge in [-0.2, -0.15) is 0 Å². The lowest BCUT2D eigenvalue weighted by atomic mass is 9.75. The predicted molar refractivity (Wildman–Crippen MR) is 83.1 cm³/mol. The van der Waals surface area contributed by atoms with Crippen LogP contribution in [0.1, 0.15) is 69.5 Å². The van der Waals surface area contributed by atoms with Crippen molar-refractivity contribution in [2.24, 2.45) is 17.6 Å². The van der Waals surface area contributed by atoms with E-state index in [0.717, 1.165) is 5.92 Å². The van der Waals surface area contributed by atoms with E-state index in [1.807, 2.05) is 0 Å². The Bertz CT molecular complexity index is 385. The van der Waals surface area contributed by atoms with Crippen molar-refractivity contribution in [2.75, 3.05) is 0 Å². The van der Waals surface area contributed by atoms with Gasteiger partial charge in [0.1, 0.15) is 0 Å². The summed E-state index contributed by atoms with van der Waals surface area (Å²) in [6, 6.07) is 9.02. The maximum atomic E-state index is 6.52. The molecule has 0 saturated heterocycles. The molecule has 1 aliphatic carbocycles. The zero-order valence-corrected chi connectivity index (χ0v) is 12.6. The first-order valence-corrected chi connectivity index (χ1v) is 8.09. The third-order valence-electron chi connectivity index (χ3n) is 4.89. The minimum absolute atomic E-state index is 0.264. The summed E-state index contributed by atoms with van der Waals surface area (Å²) >= 11 is 0. The van der Waals surface area contributed by atoms with Gasteiger partial charge in [0.2, 0.25) is 0 Å². The first-order chi connectivity index (χ1) is 9.26. The number of unbranched alkanes of at least 4 members (excludes halogenated alkanes) is 1. The molecule has 0 saturated carbocycles. The molecule has 1 aromatic carbocycles. The molecule has 0 fully saturated rings. The maximum absolute atomic E-state index is 6.52. The smallest absolute Gasteiger partial charge is 0.0326 e. The number of hydrogen-bond donors (Lipinski definition) is 1. The number of aryl methyl sites for hydroxylation is 1. The summed E-state index contributed by atoms with van der Waals surface area (Å²) in [5.41, 5.74) is 9.41. The summed E-state index contributed by atoms with van der Waals surface area (Å²) in [5.74, 6) is 1.57. The number of benzene rings is 1. The van der Waals surface area contributed by atoms with Gasteiger partial charge < -0.3 is 5.73 Å². The second-order valence-corrected chi connectivity index (χ2v) is 6.18. The molecule has 2 N–H and O–H groups in total. The summed E-state index contributed by atoms with van der Waals surface area (Å²) in [5, 5.41) is 0. The summed E-state index contributed by atoms with van der Waals surface area (Å²) in [6.45, 7) is 4.62. The van der Waals surface area contributed by atoms with E-state index < -0.39 is 0 Å². The van der Waals surface area contributed by atoms with Crippen molar-refractivity contribution in [3.8, 4) is 0 Å². The third-order valence-corrected chi connectivity index (χ3v) is 4.89. The van der Waals surface area contributed by atoms with E-state index in [1.165, 1.54) is 56.1 Å². The van der Waals surface area contributed by atoms with Gasteiger partial charge in [-0.15, -0.1) is 0 Å². The van der Waals surface area contributed by atoms with Gasteiger partial charge in [0.15, 0.2) is 0 Å². The number of nitrogens with two attached hydrogens (primary N) is 1. The molecule has 0 spiro atoms. The van der Waals surface area contributed by atoms with Gasteiger partial charge >= 0.3 is 0 Å². The molecule has 2 rings (SSSR count). The topological polar surface area (TPSA) is 26.0 Å². The molecular formula is C18H29N. The highest BCUT2D eigenvalue weighted by Crippen LogP contribution is 2.37. The molecule has 0 amide bonds. The van der Waals surface area contributed by atoms with Crippen LogP contribution < -0.4 is 5.73 Å². The highest BCUT2D eigenvalue weighted by molar-refractivity contribution is 5.32. The van der Waals surface area contributed by atoms with E-state index in [9.17, 15) is 0 Å². The van der Waals surface area contributed by atoms with E-state index in [2.05, 4.69) is 38.1 Å². The average Bonchev–Trinajstić information content (AvgIpc) is 2.46. The molecule has 0 heterocycles. The van der Waals surface area contributed by atoms with Crippen molar-refractivity contribution in [1.82, 2.24) is 0 Å². The first kappa shape index (κ1) is 14.6. The second kappa shape index (κ2) is 7.09. The average molecular weight is 259 g/mol. The normalized spacial score (nSPS) is 23.9. The zero-order chi connectivity index (χ0) is 13.7. The molecule has 0 bridgehead atoms. The maximum Gasteiger partial charge on any atom is 0.0326 e. The van der Waals surface area contributed by atoms with Crippen LogP contribution in [0.4, 0.5) is 0 Å². The molecule has 3 atom stereocenters. The van der Waals surface area contributed by atoms with E-state index in [4.69, 9.17) is 5.73 Å². The van der Waals surface area contributed by atoms with Crippen molar-refractivity contribution in [2.45, 2.75) is 64.8 Å². The fourth-order valence-corrected chi connectivity index (χ4v) is 3.54. The molecular weight excluding hydrogens is 230 g/mol. The number of fused-ring (bicyclic) bond motifs is 1. The van der Waals surface area contributed by atoms with Gasteiger partial charge in [-0.25, -0.2) is 0 Å². The Morgan fingerprint density at radius 1 is 1.26 bits per heavy atom. The summed E-state index contributed by atoms with van der Waals surface area (Å²) in [4.78, 5) is 0. The number of rotatable bonds is 6. The molecule has 0 radical (unpaired) electrons. The molecule has 0 aromatic heterocycles. The molecule has 0 aliphatic heterocycles. The van der Waals surface area contributed by atoms with Crippen molar-refractivity contribution in [3.63, 3.8) is 0 Å². The van der Waals surface area contributed by atoms with Crippen LogP contribution in [0.15, 0.2) is 24.3 Å². The van der Waals surface area contributed by atoms with E-state index in [0.29, 0.717) is 5.92 Å². The highest BCUT2D eigenvalue weighted by Gasteiger charge is 2.27. The minimum atomic E-state index is 0.264. The Hall–Kier alpha value is -0.820. The fourth-order valence-electron chi connectivity index (χ4n) is 3.54. The van der Waals surface area contributed by atoms with Gasteiger partial charge in [-0.05, 0) is 42.2 Å². The van der Waals surface area contributed by atoms with Crippen LogP contribution in [0.5, 0.6) is 0 Å². The van der Waals surface area contributed by atoms with Crippen molar-refractivity contribution in [1.29, 1.82) is 0 Å². The van der Waals surface area contributed by atoms with Gasteiger partial charge in [-0.3, -0.25) is 0 Å². The van der Waals surface area contributed by atoms with Crippen LogP contribution in [-0.2, 0) is 6.42 Å². The van der Waals surface area contributed by atoms with Crippen LogP contribution in [0.3, 0.4) is 0 Å². The van der Waals surface area contributed by atoms with Crippen LogP contribution in [0.2, 0.25) is 0 Å². The van der Waals surface area contributed by atoms with Gasteiger partial charge in [0, 0.05) is 6.04 Å². The lowest BCUT2D eigenvalue weighted by molar-refractivity contribution is 0.276. The van der Waals surface area contributed by atoms with Gasteiger partial charge in [-0.1, -0.05) is 63.8 Å². The Labute approximate surface area is 118 Å². The lowest BCUT2D eigenvalue weighted by Crippen LogP contribution is -2.28. The minimum Gasteiger partial charge on any atom is -0.324 e. The monoisotopic (exact) mass is 259 g/mol. The van der Waals surface area contributed by atoms with Crippen LogP contribution >= 0.6 is 0 Å². The van der Waals surface area contributed by atoms with Gasteiger partial charge in [0.25, 0.3) is 0 Å². The summed E-state index contributed by atoms with van der Waals surface area (Å²) in [6.07, 6.45) is 9.21. The first-order valence-electron chi connectivity index (χ1n) is 8.09. The van der Waals surface area contributed by atoms with E-state index in [-0.39, 0.29) is 6.04 Å². The molecule has 3 unspecified atom stereocenters. The van der Waals surface area contributed by atoms with E-state index in [1.54, 1.807) is 0 Å². The summed E-state index contributed by atoms with van der Waals surface area (Å²) < 4.78 is 0. The SMILES string of the molecule is CCCCC(CC)CC1CCc2ccccc2C1N. The molecule has 1 heteroatoms. The van der Waals surface area contributed by atoms with Crippen LogP contribution in [0.25, 0.3) is 0 Å². The predicted octanol–water partition coefficient (Wildman–Crippen LogP) is 4.86. The van der Waals surface area contributed by atoms with Crippen molar-refractivity contribution < 1.29 is 0 Å². The number of hydrogen-bond acceptors (Lipinski definition) is 1. The standard InChI is InChI=1S/C18H29N/c1-3-5-8-14(4-2)13-16-12-11-15-9-6-7-10-17(15)18(16)19/h6-7,9-10,14,16,18H,3-5,8,11-13,19H2,1-2H3. The third kappa shape index (κ3) is 3.60. The van der Waals surface area contributed by atoms with E-state index >= 15 is 0 Å².